The maximum atomic E-state index is 13.2. The van der Waals surface area contributed by atoms with E-state index < -0.39 is 5.41 Å². The molecular weight excluding hydrogens is 338 g/mol. The van der Waals surface area contributed by atoms with Gasteiger partial charge in [0.15, 0.2) is 0 Å². The van der Waals surface area contributed by atoms with Gasteiger partial charge in [-0.25, -0.2) is 0 Å². The van der Waals surface area contributed by atoms with Gasteiger partial charge in [-0.3, -0.25) is 9.59 Å². The Morgan fingerprint density at radius 2 is 1.48 bits per heavy atom. The van der Waals surface area contributed by atoms with Crippen molar-refractivity contribution in [2.45, 2.75) is 52.4 Å². The Bertz CT molecular complexity index is 463. The van der Waals surface area contributed by atoms with E-state index >= 15 is 0 Å². The van der Waals surface area contributed by atoms with Crippen LogP contribution in [0.15, 0.2) is 0 Å². The van der Waals surface area contributed by atoms with E-state index in [9.17, 15) is 9.59 Å². The summed E-state index contributed by atoms with van der Waals surface area (Å²) in [6.45, 7) is 9.46. The molecule has 3 saturated heterocycles. The minimum Gasteiger partial charge on any atom is -0.343 e. The zero-order valence-electron chi connectivity index (χ0n) is 15.8. The number of rotatable bonds is 3. The second kappa shape index (κ2) is 8.72. The minimum atomic E-state index is -0.499. The van der Waals surface area contributed by atoms with Gasteiger partial charge in [0.1, 0.15) is 0 Å². The number of likely N-dealkylation sites (tertiary alicyclic amines) is 2. The monoisotopic (exact) mass is 371 g/mol. The number of nitrogens with one attached hydrogen (secondary N) is 1. The lowest BCUT2D eigenvalue weighted by Gasteiger charge is -2.39. The van der Waals surface area contributed by atoms with E-state index in [2.05, 4.69) is 19.2 Å². The van der Waals surface area contributed by atoms with Crippen molar-refractivity contribution >= 4 is 24.2 Å². The number of amides is 2. The molecule has 0 aromatic rings. The van der Waals surface area contributed by atoms with Crippen molar-refractivity contribution in [1.82, 2.24) is 15.1 Å². The Morgan fingerprint density at radius 3 is 1.96 bits per heavy atom. The van der Waals surface area contributed by atoms with Crippen molar-refractivity contribution in [3.8, 4) is 0 Å². The first-order valence-corrected chi connectivity index (χ1v) is 9.78. The fraction of sp³-hybridized carbons (Fsp3) is 0.895. The Labute approximate surface area is 158 Å². The Balaban J connectivity index is 0.00000225. The molecule has 25 heavy (non-hydrogen) atoms. The predicted octanol–water partition coefficient (Wildman–Crippen LogP) is 2.30. The highest BCUT2D eigenvalue weighted by molar-refractivity contribution is 5.89. The number of piperidine rings is 2. The average Bonchev–Trinajstić information content (AvgIpc) is 3.05. The Kier molecular flexibility index (Phi) is 7.15. The van der Waals surface area contributed by atoms with Gasteiger partial charge >= 0.3 is 0 Å². The molecule has 2 amide bonds. The molecule has 0 aromatic carbocycles. The molecule has 1 N–H and O–H groups in total. The summed E-state index contributed by atoms with van der Waals surface area (Å²) in [6, 6.07) is 0. The summed E-state index contributed by atoms with van der Waals surface area (Å²) in [5.41, 5.74) is -0.499. The van der Waals surface area contributed by atoms with Crippen LogP contribution in [0.25, 0.3) is 0 Å². The van der Waals surface area contributed by atoms with Gasteiger partial charge in [-0.05, 0) is 50.5 Å². The highest BCUT2D eigenvalue weighted by Crippen LogP contribution is 2.35. The smallest absolute Gasteiger partial charge is 0.230 e. The summed E-state index contributed by atoms with van der Waals surface area (Å²) in [7, 11) is 0. The molecule has 0 aromatic heterocycles. The van der Waals surface area contributed by atoms with Crippen molar-refractivity contribution in [3.05, 3.63) is 0 Å². The first kappa shape index (κ1) is 20.5. The van der Waals surface area contributed by atoms with Gasteiger partial charge in [0, 0.05) is 39.1 Å². The highest BCUT2D eigenvalue weighted by Gasteiger charge is 2.46. The van der Waals surface area contributed by atoms with Crippen molar-refractivity contribution in [3.63, 3.8) is 0 Å². The van der Waals surface area contributed by atoms with Gasteiger partial charge in [-0.2, -0.15) is 0 Å². The third-order valence-corrected chi connectivity index (χ3v) is 6.39. The lowest BCUT2D eigenvalue weighted by Crippen LogP contribution is -2.51. The fourth-order valence-corrected chi connectivity index (χ4v) is 4.36. The molecule has 3 aliphatic rings. The molecule has 3 aliphatic heterocycles. The molecule has 3 rings (SSSR count). The van der Waals surface area contributed by atoms with Crippen molar-refractivity contribution in [2.24, 2.45) is 17.3 Å². The molecule has 3 heterocycles. The molecule has 1 unspecified atom stereocenters. The van der Waals surface area contributed by atoms with Crippen LogP contribution in [0.4, 0.5) is 0 Å². The van der Waals surface area contributed by atoms with Gasteiger partial charge in [0.2, 0.25) is 11.8 Å². The lowest BCUT2D eigenvalue weighted by atomic mass is 9.80. The van der Waals surface area contributed by atoms with Crippen LogP contribution in [0.2, 0.25) is 0 Å². The van der Waals surface area contributed by atoms with Gasteiger partial charge in [-0.1, -0.05) is 13.8 Å². The summed E-state index contributed by atoms with van der Waals surface area (Å²) < 4.78 is 0. The van der Waals surface area contributed by atoms with E-state index in [4.69, 9.17) is 0 Å². The van der Waals surface area contributed by atoms with Crippen LogP contribution in [0.1, 0.15) is 52.4 Å². The molecule has 6 heteroatoms. The van der Waals surface area contributed by atoms with Crippen LogP contribution in [0.3, 0.4) is 0 Å². The molecule has 1 atom stereocenters. The summed E-state index contributed by atoms with van der Waals surface area (Å²) in [5, 5.41) is 3.34. The predicted molar refractivity (Wildman–Crippen MR) is 102 cm³/mol. The van der Waals surface area contributed by atoms with Crippen LogP contribution in [0, 0.1) is 17.3 Å². The van der Waals surface area contributed by atoms with Crippen molar-refractivity contribution < 1.29 is 9.59 Å². The molecule has 5 nitrogen and oxygen atoms in total. The van der Waals surface area contributed by atoms with Gasteiger partial charge in [0.25, 0.3) is 0 Å². The first-order valence-electron chi connectivity index (χ1n) is 9.78. The van der Waals surface area contributed by atoms with E-state index in [1.54, 1.807) is 0 Å². The summed E-state index contributed by atoms with van der Waals surface area (Å²) in [4.78, 5) is 30.1. The van der Waals surface area contributed by atoms with Crippen molar-refractivity contribution in [2.75, 3.05) is 39.3 Å². The topological polar surface area (TPSA) is 52.7 Å². The normalized spacial score (nSPS) is 28.7. The van der Waals surface area contributed by atoms with Crippen LogP contribution in [-0.4, -0.2) is 60.9 Å². The van der Waals surface area contributed by atoms with Crippen molar-refractivity contribution in [1.29, 1.82) is 0 Å². The number of carbonyl (C=O) groups excluding carboxylic acids is 2. The van der Waals surface area contributed by atoms with E-state index in [1.165, 1.54) is 0 Å². The van der Waals surface area contributed by atoms with Gasteiger partial charge < -0.3 is 15.1 Å². The molecule has 0 saturated carbocycles. The maximum absolute atomic E-state index is 13.2. The number of carbonyl (C=O) groups is 2. The molecule has 0 bridgehead atoms. The summed E-state index contributed by atoms with van der Waals surface area (Å²) in [6.07, 6.45) is 5.55. The number of nitrogens with zero attached hydrogens (tertiary/aromatic N) is 2. The maximum Gasteiger partial charge on any atom is 0.230 e. The number of hydrogen-bond donors (Lipinski definition) is 1. The van der Waals surface area contributed by atoms with Gasteiger partial charge in [0.05, 0.1) is 5.41 Å². The SMILES string of the molecule is CC1CCN(C(=O)CC2(C(=O)N3CCC(C)CC3)CCNC2)CC1.Cl. The molecule has 144 valence electrons. The van der Waals surface area contributed by atoms with E-state index in [1.807, 2.05) is 9.80 Å². The quantitative estimate of drug-likeness (QED) is 0.828. The standard InChI is InChI=1S/C19H33N3O2.ClH/c1-15-3-9-21(10-4-15)17(23)13-19(7-8-20-14-19)18(24)22-11-5-16(2)6-12-22;/h15-16,20H,3-14H2,1-2H3;1H. The van der Waals surface area contributed by atoms with Crippen LogP contribution in [0.5, 0.6) is 0 Å². The van der Waals surface area contributed by atoms with E-state index in [0.717, 1.165) is 64.8 Å². The fourth-order valence-electron chi connectivity index (χ4n) is 4.36. The summed E-state index contributed by atoms with van der Waals surface area (Å²) in [5.74, 6) is 1.83. The second-order valence-corrected chi connectivity index (χ2v) is 8.42. The zero-order chi connectivity index (χ0) is 17.2. The number of halogens is 1. The Hall–Kier alpha value is -0.810. The zero-order valence-corrected chi connectivity index (χ0v) is 16.6. The van der Waals surface area contributed by atoms with E-state index in [0.29, 0.717) is 24.8 Å². The molecule has 3 fully saturated rings. The largest absolute Gasteiger partial charge is 0.343 e. The second-order valence-electron chi connectivity index (χ2n) is 8.42. The van der Waals surface area contributed by atoms with Crippen LogP contribution in [-0.2, 0) is 9.59 Å². The highest BCUT2D eigenvalue weighted by atomic mass is 35.5. The Morgan fingerprint density at radius 1 is 0.960 bits per heavy atom. The van der Waals surface area contributed by atoms with Crippen LogP contribution >= 0.6 is 12.4 Å². The third-order valence-electron chi connectivity index (χ3n) is 6.39. The molecule has 0 spiro atoms. The minimum absolute atomic E-state index is 0. The lowest BCUT2D eigenvalue weighted by molar-refractivity contribution is -0.148. The molecule has 0 aliphatic carbocycles. The third kappa shape index (κ3) is 4.68. The molecule has 0 radical (unpaired) electrons. The van der Waals surface area contributed by atoms with Gasteiger partial charge in [-0.15, -0.1) is 12.4 Å². The number of hydrogen-bond acceptors (Lipinski definition) is 3. The van der Waals surface area contributed by atoms with E-state index in [-0.39, 0.29) is 24.2 Å². The molecular formula is C19H34ClN3O2. The summed E-state index contributed by atoms with van der Waals surface area (Å²) >= 11 is 0. The first-order chi connectivity index (χ1) is 11.5. The van der Waals surface area contributed by atoms with Crippen LogP contribution < -0.4 is 5.32 Å². The average molecular weight is 372 g/mol.